The van der Waals surface area contributed by atoms with Crippen LogP contribution in [-0.4, -0.2) is 23.8 Å². The van der Waals surface area contributed by atoms with Gasteiger partial charge in [-0.25, -0.2) is 8.78 Å². The summed E-state index contributed by atoms with van der Waals surface area (Å²) < 4.78 is 39.5. The molecule has 0 amide bonds. The molecule has 1 N–H and O–H groups in total. The summed E-state index contributed by atoms with van der Waals surface area (Å²) >= 11 is 6.33. The summed E-state index contributed by atoms with van der Waals surface area (Å²) in [5.74, 6) is -1.02. The topological polar surface area (TPSA) is 65.4 Å². The third-order valence-corrected chi connectivity index (χ3v) is 4.76. The van der Waals surface area contributed by atoms with Gasteiger partial charge < -0.3 is 19.4 Å². The van der Waals surface area contributed by atoms with Gasteiger partial charge in [0.05, 0.1) is 24.9 Å². The van der Waals surface area contributed by atoms with Gasteiger partial charge in [0.25, 0.3) is 5.56 Å². The van der Waals surface area contributed by atoms with E-state index in [1.807, 2.05) is 20.8 Å². The number of benzene rings is 1. The molecule has 0 unspecified atom stereocenters. The molecule has 0 aliphatic carbocycles. The van der Waals surface area contributed by atoms with E-state index >= 15 is 0 Å². The third kappa shape index (κ3) is 7.46. The van der Waals surface area contributed by atoms with Crippen molar-refractivity contribution in [2.24, 2.45) is 0 Å². The third-order valence-electron chi connectivity index (χ3n) is 4.45. The molecule has 9 heteroatoms. The number of aromatic nitrogens is 2. The molecule has 180 valence electrons. The first-order valence-corrected chi connectivity index (χ1v) is 10.8. The second kappa shape index (κ2) is 13.4. The number of rotatable bonds is 9. The lowest BCUT2D eigenvalue weighted by molar-refractivity contribution is 0.355. The Labute approximate surface area is 198 Å². The Morgan fingerprint density at radius 2 is 1.82 bits per heavy atom. The van der Waals surface area contributed by atoms with Crippen LogP contribution in [0.15, 0.2) is 59.1 Å². The molecule has 0 saturated carbocycles. The van der Waals surface area contributed by atoms with Crippen molar-refractivity contribution in [2.45, 2.75) is 40.7 Å². The summed E-state index contributed by atoms with van der Waals surface area (Å²) in [5, 5.41) is 3.33. The maximum atomic E-state index is 14.0. The molecule has 0 fully saturated rings. The lowest BCUT2D eigenvalue weighted by Gasteiger charge is -2.18. The van der Waals surface area contributed by atoms with E-state index in [1.54, 1.807) is 29.8 Å². The van der Waals surface area contributed by atoms with Crippen LogP contribution in [0.1, 0.15) is 32.8 Å². The number of hydrogen-bond donors (Lipinski definition) is 1. The molecule has 0 spiro atoms. The zero-order chi connectivity index (χ0) is 25.1. The number of allylic oxidation sites excluding steroid dienone is 5. The summed E-state index contributed by atoms with van der Waals surface area (Å²) in [5.41, 5.74) is 0.962. The minimum Gasteiger partial charge on any atom is -0.493 e. The summed E-state index contributed by atoms with van der Waals surface area (Å²) in [6, 6.07) is 3.17. The molecular weight excluding hydrogens is 452 g/mol. The van der Waals surface area contributed by atoms with Crippen molar-refractivity contribution in [3.05, 3.63) is 75.2 Å². The maximum absolute atomic E-state index is 14.0. The monoisotopic (exact) mass is 481 g/mol. The maximum Gasteiger partial charge on any atom is 0.277 e. The van der Waals surface area contributed by atoms with E-state index in [1.165, 1.54) is 14.2 Å². The highest BCUT2D eigenvalue weighted by atomic mass is 35.5. The predicted molar refractivity (Wildman–Crippen MR) is 130 cm³/mol. The molecule has 2 rings (SSSR count). The van der Waals surface area contributed by atoms with Gasteiger partial charge in [0.1, 0.15) is 0 Å². The first-order valence-electron chi connectivity index (χ1n) is 10.4. The van der Waals surface area contributed by atoms with E-state index in [2.05, 4.69) is 16.9 Å². The van der Waals surface area contributed by atoms with Crippen molar-refractivity contribution in [1.82, 2.24) is 9.55 Å². The fourth-order valence-electron chi connectivity index (χ4n) is 2.71. The van der Waals surface area contributed by atoms with Gasteiger partial charge >= 0.3 is 0 Å². The van der Waals surface area contributed by atoms with Gasteiger partial charge in [-0.2, -0.15) is 4.98 Å². The van der Waals surface area contributed by atoms with Crippen LogP contribution in [0.4, 0.5) is 20.4 Å². The number of nitrogens with one attached hydrogen (secondary N) is 1. The van der Waals surface area contributed by atoms with Crippen LogP contribution in [0.25, 0.3) is 0 Å². The quantitative estimate of drug-likeness (QED) is 0.405. The van der Waals surface area contributed by atoms with Gasteiger partial charge in [0.2, 0.25) is 5.95 Å². The molecule has 1 aromatic heterocycles. The van der Waals surface area contributed by atoms with E-state index in [0.717, 1.165) is 12.2 Å². The SMILES string of the molecule is C=C/C(F)=C(F)\C=C(/CC)Cn1cc(C)c(=O)nc1Nc1cc(OC)c(OC)cc1Cl.CC. The van der Waals surface area contributed by atoms with Crippen LogP contribution in [0, 0.1) is 6.92 Å². The van der Waals surface area contributed by atoms with E-state index < -0.39 is 17.2 Å². The second-order valence-corrected chi connectivity index (χ2v) is 6.96. The standard InChI is InChI=1S/C22H24ClF2N3O3.C2H6/c1-6-14(8-17(25)16(24)7-2)12-28-11-13(3)21(29)27-22(28)26-18-10-20(31-5)19(30-4)9-15(18)23;1-2/h7-11H,2,6,12H2,1,3-5H3,(H,26,27,29);1-2H3/b14-8+,17-16-;. The lowest BCUT2D eigenvalue weighted by Crippen LogP contribution is -2.19. The molecule has 1 aromatic carbocycles. The van der Waals surface area contributed by atoms with Crippen LogP contribution in [-0.2, 0) is 6.54 Å². The fourth-order valence-corrected chi connectivity index (χ4v) is 2.91. The zero-order valence-electron chi connectivity index (χ0n) is 19.8. The Morgan fingerprint density at radius 1 is 1.21 bits per heavy atom. The fraction of sp³-hybridized carbons (Fsp3) is 0.333. The van der Waals surface area contributed by atoms with E-state index in [4.69, 9.17) is 21.1 Å². The van der Waals surface area contributed by atoms with Gasteiger partial charge in [0.15, 0.2) is 23.2 Å². The van der Waals surface area contributed by atoms with Gasteiger partial charge in [-0.05, 0) is 31.1 Å². The number of hydrogen-bond acceptors (Lipinski definition) is 5. The number of nitrogens with zero attached hydrogens (tertiary/aromatic N) is 2. The van der Waals surface area contributed by atoms with E-state index in [-0.39, 0.29) is 12.5 Å². The number of aryl methyl sites for hydroxylation is 1. The van der Waals surface area contributed by atoms with Crippen LogP contribution in [0.2, 0.25) is 5.02 Å². The number of ether oxygens (including phenoxy) is 2. The average molecular weight is 482 g/mol. The molecule has 0 aliphatic rings. The molecule has 0 saturated heterocycles. The minimum atomic E-state index is -1.05. The zero-order valence-corrected chi connectivity index (χ0v) is 20.5. The largest absolute Gasteiger partial charge is 0.493 e. The normalized spacial score (nSPS) is 11.7. The Kier molecular flexibility index (Phi) is 11.4. The van der Waals surface area contributed by atoms with Crippen molar-refractivity contribution >= 4 is 23.2 Å². The second-order valence-electron chi connectivity index (χ2n) is 6.55. The van der Waals surface area contributed by atoms with Crippen molar-refractivity contribution in [2.75, 3.05) is 19.5 Å². The Hall–Kier alpha value is -3.13. The Bertz CT molecular complexity index is 1100. The van der Waals surface area contributed by atoms with Crippen LogP contribution < -0.4 is 20.3 Å². The van der Waals surface area contributed by atoms with Crippen LogP contribution in [0.5, 0.6) is 11.5 Å². The van der Waals surface area contributed by atoms with E-state index in [0.29, 0.717) is 39.8 Å². The van der Waals surface area contributed by atoms with Crippen molar-refractivity contribution in [1.29, 1.82) is 0 Å². The molecule has 0 aliphatic heterocycles. The van der Waals surface area contributed by atoms with E-state index in [9.17, 15) is 13.6 Å². The first-order chi connectivity index (χ1) is 15.7. The molecular formula is C24H30ClF2N3O3. The summed E-state index contributed by atoms with van der Waals surface area (Å²) in [7, 11) is 2.97. The lowest BCUT2D eigenvalue weighted by atomic mass is 10.1. The molecule has 33 heavy (non-hydrogen) atoms. The van der Waals surface area contributed by atoms with Crippen molar-refractivity contribution in [3.8, 4) is 11.5 Å². The smallest absolute Gasteiger partial charge is 0.277 e. The van der Waals surface area contributed by atoms with Crippen molar-refractivity contribution in [3.63, 3.8) is 0 Å². The molecule has 2 aromatic rings. The number of halogens is 3. The molecule has 1 heterocycles. The average Bonchev–Trinajstić information content (AvgIpc) is 2.82. The molecule has 6 nitrogen and oxygen atoms in total. The van der Waals surface area contributed by atoms with Crippen LogP contribution >= 0.6 is 11.6 Å². The highest BCUT2D eigenvalue weighted by molar-refractivity contribution is 6.33. The van der Waals surface area contributed by atoms with Crippen molar-refractivity contribution < 1.29 is 18.3 Å². The van der Waals surface area contributed by atoms with Crippen LogP contribution in [0.3, 0.4) is 0 Å². The van der Waals surface area contributed by atoms with Gasteiger partial charge in [-0.1, -0.05) is 39.0 Å². The summed E-state index contributed by atoms with van der Waals surface area (Å²) in [6.07, 6.45) is 3.94. The minimum absolute atomic E-state index is 0.162. The molecule has 0 bridgehead atoms. The Morgan fingerprint density at radius 3 is 2.36 bits per heavy atom. The first kappa shape index (κ1) is 27.9. The molecule has 0 atom stereocenters. The van der Waals surface area contributed by atoms with Gasteiger partial charge in [-0.3, -0.25) is 4.79 Å². The highest BCUT2D eigenvalue weighted by Gasteiger charge is 2.14. The predicted octanol–water partition coefficient (Wildman–Crippen LogP) is 6.67. The Balaban J connectivity index is 0.00000265. The highest BCUT2D eigenvalue weighted by Crippen LogP contribution is 2.37. The summed E-state index contributed by atoms with van der Waals surface area (Å²) in [6.45, 7) is 10.8. The van der Waals surface area contributed by atoms with Gasteiger partial charge in [0, 0.05) is 30.4 Å². The van der Waals surface area contributed by atoms with Gasteiger partial charge in [-0.15, -0.1) is 0 Å². The number of methoxy groups -OCH3 is 2. The number of anilines is 2. The molecule has 0 radical (unpaired) electrons. The summed E-state index contributed by atoms with van der Waals surface area (Å²) in [4.78, 5) is 16.2.